The van der Waals surface area contributed by atoms with Gasteiger partial charge in [0.2, 0.25) is 0 Å². The van der Waals surface area contributed by atoms with Gasteiger partial charge in [-0.3, -0.25) is 0 Å². The lowest BCUT2D eigenvalue weighted by atomic mass is 10.2. The summed E-state index contributed by atoms with van der Waals surface area (Å²) in [5.41, 5.74) is 0. The van der Waals surface area contributed by atoms with E-state index in [9.17, 15) is 0 Å². The first-order chi connectivity index (χ1) is 21.6. The van der Waals surface area contributed by atoms with Gasteiger partial charge in [0, 0.05) is 75.3 Å². The van der Waals surface area contributed by atoms with E-state index < -0.39 is 0 Å². The first-order valence-electron chi connectivity index (χ1n) is 18.2. The molecule has 0 saturated carbocycles. The molecule has 0 aromatic rings. The Morgan fingerprint density at radius 1 is 0.271 bits per heavy atom. The molecule has 0 spiro atoms. The minimum atomic E-state index is -0.167. The zero-order chi connectivity index (χ0) is 41.7. The van der Waals surface area contributed by atoms with Crippen molar-refractivity contribution in [1.29, 1.82) is 0 Å². The largest absolute Gasteiger partial charge is 0.394 e. The number of aliphatic hydroxyl groups excluding tert-OH is 8. The standard InChI is InChI=1S/C6H14.2C4H10O.8C3H8O/c1-3-5-6-4-2;2*1-3-5-4-2;8*1-3(2)4/h3-6H2,1-2H3;2*3-4H2,1-2H3;8*3-4H,1-2H3. The van der Waals surface area contributed by atoms with E-state index in [1.54, 1.807) is 111 Å². The van der Waals surface area contributed by atoms with Crippen LogP contribution in [0.4, 0.5) is 0 Å². The zero-order valence-electron chi connectivity index (χ0n) is 36.7. The SMILES string of the molecule is CC(C)O.CC(C)O.CC(C)O.CC(C)O.CC(C)O.CC(C)O.CC(C)O.CC(C)O.CCCCCC.CCOCC.CCOCC. The Bertz CT molecular complexity index is 257. The summed E-state index contributed by atoms with van der Waals surface area (Å²) in [6, 6.07) is 0. The fourth-order valence-electron chi connectivity index (χ4n) is 0.908. The van der Waals surface area contributed by atoms with Gasteiger partial charge in [0.05, 0.1) is 0 Å². The van der Waals surface area contributed by atoms with Gasteiger partial charge >= 0.3 is 0 Å². The number of hydrogen-bond donors (Lipinski definition) is 8. The van der Waals surface area contributed by atoms with Crippen molar-refractivity contribution in [1.82, 2.24) is 0 Å². The van der Waals surface area contributed by atoms with Crippen molar-refractivity contribution in [3.63, 3.8) is 0 Å². The molecule has 0 aromatic carbocycles. The molecular formula is C38H98O10. The highest BCUT2D eigenvalue weighted by molar-refractivity contribution is 4.31. The predicted octanol–water partition coefficient (Wildman–Crippen LogP) is 7.77. The Hall–Kier alpha value is -0.400. The normalized spacial score (nSPS) is 8.88. The number of hydrogen-bond acceptors (Lipinski definition) is 10. The third-order valence-corrected chi connectivity index (χ3v) is 1.77. The van der Waals surface area contributed by atoms with Gasteiger partial charge in [0.15, 0.2) is 0 Å². The molecule has 0 aliphatic carbocycles. The minimum absolute atomic E-state index is 0.167. The summed E-state index contributed by atoms with van der Waals surface area (Å²) in [7, 11) is 0. The summed E-state index contributed by atoms with van der Waals surface area (Å²) in [5, 5.41) is 64.4. The maximum Gasteiger partial charge on any atom is 0.0483 e. The molecule has 0 bridgehead atoms. The van der Waals surface area contributed by atoms with Crippen LogP contribution >= 0.6 is 0 Å². The van der Waals surface area contributed by atoms with Gasteiger partial charge in [0.1, 0.15) is 0 Å². The average Bonchev–Trinajstić information content (AvgIpc) is 2.82. The first kappa shape index (κ1) is 77.2. The van der Waals surface area contributed by atoms with Gasteiger partial charge in [-0.25, -0.2) is 0 Å². The fourth-order valence-corrected chi connectivity index (χ4v) is 0.908. The molecule has 10 nitrogen and oxygen atoms in total. The van der Waals surface area contributed by atoms with Crippen molar-refractivity contribution in [3.05, 3.63) is 0 Å². The first-order valence-corrected chi connectivity index (χ1v) is 18.2. The third kappa shape index (κ3) is 2080. The quantitative estimate of drug-likeness (QED) is 0.121. The number of unbranched alkanes of at least 4 members (excludes halogenated alkanes) is 3. The Morgan fingerprint density at radius 2 is 0.354 bits per heavy atom. The van der Waals surface area contributed by atoms with Crippen LogP contribution in [0.2, 0.25) is 0 Å². The number of aliphatic hydroxyl groups is 8. The van der Waals surface area contributed by atoms with Crippen molar-refractivity contribution in [2.75, 3.05) is 26.4 Å². The van der Waals surface area contributed by atoms with E-state index in [1.165, 1.54) is 25.7 Å². The van der Waals surface area contributed by atoms with Gasteiger partial charge in [0.25, 0.3) is 0 Å². The second-order valence-electron chi connectivity index (χ2n) is 12.0. The van der Waals surface area contributed by atoms with Crippen LogP contribution in [0.3, 0.4) is 0 Å². The second kappa shape index (κ2) is 85.8. The third-order valence-electron chi connectivity index (χ3n) is 1.77. The lowest BCUT2D eigenvalue weighted by Gasteiger charge is -1.86. The topological polar surface area (TPSA) is 180 Å². The molecule has 0 aliphatic heterocycles. The minimum Gasteiger partial charge on any atom is -0.394 e. The van der Waals surface area contributed by atoms with E-state index in [2.05, 4.69) is 13.8 Å². The Morgan fingerprint density at radius 3 is 0.375 bits per heavy atom. The highest BCUT2D eigenvalue weighted by atomic mass is 16.5. The van der Waals surface area contributed by atoms with Crippen molar-refractivity contribution in [3.8, 4) is 0 Å². The summed E-state index contributed by atoms with van der Waals surface area (Å²) in [6.07, 6.45) is 4.20. The van der Waals surface area contributed by atoms with Crippen LogP contribution in [0.25, 0.3) is 0 Å². The van der Waals surface area contributed by atoms with Crippen LogP contribution in [0.1, 0.15) is 178 Å². The summed E-state index contributed by atoms with van der Waals surface area (Å²) in [4.78, 5) is 0. The van der Waals surface area contributed by atoms with Crippen molar-refractivity contribution in [2.24, 2.45) is 0 Å². The molecule has 0 atom stereocenters. The van der Waals surface area contributed by atoms with Gasteiger partial charge in [-0.1, -0.05) is 39.5 Å². The molecule has 0 saturated heterocycles. The molecule has 0 fully saturated rings. The molecule has 0 heterocycles. The molecule has 0 radical (unpaired) electrons. The summed E-state index contributed by atoms with van der Waals surface area (Å²) >= 11 is 0. The van der Waals surface area contributed by atoms with Crippen LogP contribution in [0.15, 0.2) is 0 Å². The Kier molecular flexibility index (Phi) is 138. The highest BCUT2D eigenvalue weighted by Crippen LogP contribution is 1.95. The van der Waals surface area contributed by atoms with Crippen LogP contribution in [0.5, 0.6) is 0 Å². The molecular weight excluding hydrogens is 616 g/mol. The van der Waals surface area contributed by atoms with E-state index in [1.807, 2.05) is 27.7 Å². The second-order valence-corrected chi connectivity index (χ2v) is 12.0. The smallest absolute Gasteiger partial charge is 0.0483 e. The van der Waals surface area contributed by atoms with Gasteiger partial charge in [-0.15, -0.1) is 0 Å². The van der Waals surface area contributed by atoms with E-state index in [0.29, 0.717) is 0 Å². The number of rotatable bonds is 7. The van der Waals surface area contributed by atoms with E-state index in [-0.39, 0.29) is 48.8 Å². The zero-order valence-corrected chi connectivity index (χ0v) is 36.7. The molecule has 10 heteroatoms. The van der Waals surface area contributed by atoms with E-state index in [4.69, 9.17) is 50.3 Å². The molecule has 0 aromatic heterocycles. The fraction of sp³-hybridized carbons (Fsp3) is 1.00. The van der Waals surface area contributed by atoms with Gasteiger partial charge in [-0.2, -0.15) is 0 Å². The predicted molar refractivity (Wildman–Crippen MR) is 213 cm³/mol. The van der Waals surface area contributed by atoms with E-state index >= 15 is 0 Å². The Balaban J connectivity index is -0.0000000350. The van der Waals surface area contributed by atoms with Gasteiger partial charge < -0.3 is 50.3 Å². The monoisotopic (exact) mass is 715 g/mol. The van der Waals surface area contributed by atoms with Crippen LogP contribution in [0, 0.1) is 0 Å². The summed E-state index contributed by atoms with van der Waals surface area (Å²) < 4.78 is 9.67. The van der Waals surface area contributed by atoms with Crippen LogP contribution in [-0.4, -0.2) is 116 Å². The number of ether oxygens (including phenoxy) is 2. The van der Waals surface area contributed by atoms with Crippen molar-refractivity contribution < 1.29 is 50.3 Å². The molecule has 48 heavy (non-hydrogen) atoms. The average molecular weight is 715 g/mol. The molecule has 0 aliphatic rings. The highest BCUT2D eigenvalue weighted by Gasteiger charge is 1.75. The maximum absolute atomic E-state index is 8.06. The lowest BCUT2D eigenvalue weighted by Crippen LogP contribution is -1.85. The summed E-state index contributed by atoms with van der Waals surface area (Å²) in [5.74, 6) is 0. The van der Waals surface area contributed by atoms with Crippen molar-refractivity contribution >= 4 is 0 Å². The molecule has 0 rings (SSSR count). The maximum atomic E-state index is 8.06. The molecule has 310 valence electrons. The van der Waals surface area contributed by atoms with Crippen LogP contribution < -0.4 is 0 Å². The molecule has 0 amide bonds. The molecule has 0 unspecified atom stereocenters. The van der Waals surface area contributed by atoms with Gasteiger partial charge in [-0.05, 0) is 138 Å². The lowest BCUT2D eigenvalue weighted by molar-refractivity contribution is 0.162. The summed E-state index contributed by atoms with van der Waals surface area (Å²) in [6.45, 7) is 43.4. The van der Waals surface area contributed by atoms with E-state index in [0.717, 1.165) is 26.4 Å². The Labute approximate surface area is 303 Å². The van der Waals surface area contributed by atoms with Crippen molar-refractivity contribution in [2.45, 2.75) is 227 Å². The van der Waals surface area contributed by atoms with Crippen LogP contribution in [-0.2, 0) is 9.47 Å². The molecule has 8 N–H and O–H groups in total.